The number of fused-ring (bicyclic) bond motifs is 1. The Morgan fingerprint density at radius 1 is 1.31 bits per heavy atom. The first-order valence-corrected chi connectivity index (χ1v) is 12.9. The standard InChI is InChI=1S/C21H25N3O8S2.2K/c1-9-16-15(10(2)25)20(27)24(16)17(21(28)29)18(9)33-12-7-14(22-8-12)19(26)23-11-4-3-5-13(6-11)34(30,31)32;;/h3-6,9-10,12,14-16,22,25H,7-8H2,1-2H3,(H,23,26)(H,28,29)(H,30,31,32);;/q;2*+1/p-2/t9-,10-,12+,14+,15-,16-;;/m1../s1. The summed E-state index contributed by atoms with van der Waals surface area (Å²) in [6.45, 7) is 3.71. The fraction of sp³-hybridized carbons (Fsp3) is 0.476. The predicted molar refractivity (Wildman–Crippen MR) is 118 cm³/mol. The number of carboxylic acids is 1. The van der Waals surface area contributed by atoms with Crippen LogP contribution >= 0.6 is 11.8 Å². The van der Waals surface area contributed by atoms with Crippen molar-refractivity contribution in [3.05, 3.63) is 34.9 Å². The van der Waals surface area contributed by atoms with E-state index in [1.807, 2.05) is 0 Å². The summed E-state index contributed by atoms with van der Waals surface area (Å²) < 4.78 is 33.6. The average Bonchev–Trinajstić information content (AvgIpc) is 3.30. The second kappa shape index (κ2) is 13.0. The van der Waals surface area contributed by atoms with E-state index in [0.29, 0.717) is 17.9 Å². The Morgan fingerprint density at radius 2 is 1.97 bits per heavy atom. The molecule has 0 aliphatic carbocycles. The molecule has 3 heterocycles. The maximum absolute atomic E-state index is 12.7. The molecule has 15 heteroatoms. The number of nitrogens with one attached hydrogen (secondary N) is 2. The van der Waals surface area contributed by atoms with E-state index in [1.54, 1.807) is 6.92 Å². The minimum absolute atomic E-state index is 0. The fourth-order valence-corrected chi connectivity index (χ4v) is 6.79. The first-order valence-electron chi connectivity index (χ1n) is 10.6. The number of anilines is 1. The Bertz CT molecular complexity index is 1190. The number of β-lactam (4-membered cyclic amide) rings is 1. The van der Waals surface area contributed by atoms with Crippen molar-refractivity contribution in [1.29, 1.82) is 0 Å². The van der Waals surface area contributed by atoms with E-state index in [4.69, 9.17) is 0 Å². The molecule has 3 N–H and O–H groups in total. The molecule has 184 valence electrons. The smallest absolute Gasteiger partial charge is 0.744 e. The molecule has 0 unspecified atom stereocenters. The SMILES string of the molecule is C[C@@H](O)[C@H]1C(=O)N2C(C(=O)[O-])=C(S[C@@H]3CN[C@H](C(=O)Nc4cccc(S(=O)(=O)[O-])c4)C3)[C@H](C)[C@H]12.[K+].[K+]. The number of aliphatic hydroxyl groups excluding tert-OH is 1. The Balaban J connectivity index is 0.00000228. The van der Waals surface area contributed by atoms with Gasteiger partial charge in [-0.05, 0) is 31.5 Å². The van der Waals surface area contributed by atoms with Gasteiger partial charge in [0, 0.05) is 28.3 Å². The molecule has 1 aromatic carbocycles. The van der Waals surface area contributed by atoms with Crippen LogP contribution in [0.1, 0.15) is 20.3 Å². The van der Waals surface area contributed by atoms with Crippen molar-refractivity contribution in [2.75, 3.05) is 11.9 Å². The molecule has 11 nitrogen and oxygen atoms in total. The number of carbonyl (C=O) groups is 3. The van der Waals surface area contributed by atoms with Gasteiger partial charge >= 0.3 is 103 Å². The van der Waals surface area contributed by atoms with E-state index in [-0.39, 0.29) is 125 Å². The molecule has 0 bridgehead atoms. The van der Waals surface area contributed by atoms with E-state index in [1.165, 1.54) is 35.7 Å². The van der Waals surface area contributed by atoms with Gasteiger partial charge in [-0.15, -0.1) is 11.8 Å². The third kappa shape index (κ3) is 6.58. The van der Waals surface area contributed by atoms with E-state index in [0.717, 1.165) is 12.1 Å². The number of amides is 2. The van der Waals surface area contributed by atoms with Gasteiger partial charge in [-0.1, -0.05) is 13.0 Å². The van der Waals surface area contributed by atoms with Crippen LogP contribution in [-0.2, 0) is 24.5 Å². The summed E-state index contributed by atoms with van der Waals surface area (Å²) in [6.07, 6.45) is -0.551. The van der Waals surface area contributed by atoms with Crippen molar-refractivity contribution in [2.24, 2.45) is 11.8 Å². The van der Waals surface area contributed by atoms with Crippen molar-refractivity contribution in [1.82, 2.24) is 10.2 Å². The van der Waals surface area contributed by atoms with Crippen LogP contribution in [0.15, 0.2) is 39.8 Å². The average molecular weight is 588 g/mol. The molecule has 2 fully saturated rings. The molecule has 0 saturated carbocycles. The van der Waals surface area contributed by atoms with Crippen molar-refractivity contribution in [3.8, 4) is 0 Å². The van der Waals surface area contributed by atoms with Gasteiger partial charge in [0.25, 0.3) is 0 Å². The molecule has 0 radical (unpaired) electrons. The Morgan fingerprint density at radius 3 is 2.56 bits per heavy atom. The van der Waals surface area contributed by atoms with E-state index in [9.17, 15) is 37.6 Å². The topological polar surface area (TPSA) is 179 Å². The minimum atomic E-state index is -4.66. The summed E-state index contributed by atoms with van der Waals surface area (Å²) in [5.74, 6) is -3.30. The van der Waals surface area contributed by atoms with Crippen LogP contribution in [0.4, 0.5) is 5.69 Å². The van der Waals surface area contributed by atoms with Crippen LogP contribution in [0.25, 0.3) is 0 Å². The zero-order chi connectivity index (χ0) is 24.9. The molecule has 0 spiro atoms. The van der Waals surface area contributed by atoms with Gasteiger partial charge in [-0.3, -0.25) is 9.59 Å². The van der Waals surface area contributed by atoms with Crippen molar-refractivity contribution < 1.29 is 140 Å². The largest absolute Gasteiger partial charge is 1.00 e. The third-order valence-electron chi connectivity index (χ3n) is 6.39. The zero-order valence-electron chi connectivity index (χ0n) is 20.3. The molecule has 2 saturated heterocycles. The normalized spacial score (nSPS) is 27.9. The predicted octanol–water partition coefficient (Wildman–Crippen LogP) is -7.18. The Labute approximate surface area is 298 Å². The van der Waals surface area contributed by atoms with Crippen LogP contribution in [0.2, 0.25) is 0 Å². The van der Waals surface area contributed by atoms with Gasteiger partial charge in [0.1, 0.15) is 10.1 Å². The number of nitrogens with zero attached hydrogens (tertiary/aromatic N) is 1. The number of thioether (sulfide) groups is 1. The van der Waals surface area contributed by atoms with Gasteiger partial charge in [0.2, 0.25) is 11.8 Å². The fourth-order valence-electron chi connectivity index (χ4n) is 4.80. The van der Waals surface area contributed by atoms with Gasteiger partial charge in [0.05, 0.1) is 40.7 Å². The summed E-state index contributed by atoms with van der Waals surface area (Å²) in [5, 5.41) is 27.2. The maximum Gasteiger partial charge on any atom is 1.00 e. The summed E-state index contributed by atoms with van der Waals surface area (Å²) >= 11 is 1.28. The summed E-state index contributed by atoms with van der Waals surface area (Å²) in [5.41, 5.74) is -0.00817. The molecule has 6 atom stereocenters. The van der Waals surface area contributed by atoms with Crippen LogP contribution < -0.4 is 119 Å². The Kier molecular flexibility index (Phi) is 11.9. The van der Waals surface area contributed by atoms with Gasteiger partial charge in [-0.25, -0.2) is 8.42 Å². The van der Waals surface area contributed by atoms with Gasteiger partial charge in [0.15, 0.2) is 0 Å². The number of carboxylic acid groups (broad SMARTS) is 1. The zero-order valence-corrected chi connectivity index (χ0v) is 28.1. The van der Waals surface area contributed by atoms with Crippen LogP contribution in [0.5, 0.6) is 0 Å². The number of carbonyl (C=O) groups excluding carboxylic acids is 3. The second-order valence-corrected chi connectivity index (χ2v) is 11.4. The number of aliphatic hydroxyl groups is 1. The number of hydrogen-bond acceptors (Lipinski definition) is 10. The van der Waals surface area contributed by atoms with E-state index < -0.39 is 56.9 Å². The number of rotatable bonds is 7. The van der Waals surface area contributed by atoms with Gasteiger partial charge in [-0.2, -0.15) is 0 Å². The first kappa shape index (κ1) is 33.0. The monoisotopic (exact) mass is 587 g/mol. The van der Waals surface area contributed by atoms with E-state index >= 15 is 0 Å². The molecule has 3 aliphatic heterocycles. The molecule has 0 aromatic heterocycles. The van der Waals surface area contributed by atoms with Crippen LogP contribution in [0.3, 0.4) is 0 Å². The number of aliphatic carboxylic acids is 1. The molecule has 36 heavy (non-hydrogen) atoms. The minimum Gasteiger partial charge on any atom is -0.744 e. The molecule has 1 aromatic rings. The molecular formula is C21H23K2N3O8S2. The molecule has 2 amide bonds. The quantitative estimate of drug-likeness (QED) is 0.158. The van der Waals surface area contributed by atoms with Crippen molar-refractivity contribution in [3.63, 3.8) is 0 Å². The third-order valence-corrected chi connectivity index (χ3v) is 8.74. The molecular weight excluding hydrogens is 565 g/mol. The summed E-state index contributed by atoms with van der Waals surface area (Å²) in [4.78, 5) is 38.2. The summed E-state index contributed by atoms with van der Waals surface area (Å²) in [6, 6.07) is 3.96. The van der Waals surface area contributed by atoms with Crippen molar-refractivity contribution in [2.45, 2.75) is 48.6 Å². The maximum atomic E-state index is 12.7. The molecule has 3 aliphatic rings. The number of hydrogen-bond donors (Lipinski definition) is 3. The van der Waals surface area contributed by atoms with E-state index in [2.05, 4.69) is 10.6 Å². The number of benzene rings is 1. The van der Waals surface area contributed by atoms with Crippen LogP contribution in [-0.4, -0.2) is 70.7 Å². The van der Waals surface area contributed by atoms with Crippen LogP contribution in [0, 0.1) is 11.8 Å². The van der Waals surface area contributed by atoms with Gasteiger partial charge < -0.3 is 35.1 Å². The second-order valence-electron chi connectivity index (χ2n) is 8.66. The summed E-state index contributed by atoms with van der Waals surface area (Å²) in [7, 11) is -4.66. The first-order chi connectivity index (χ1) is 15.9. The van der Waals surface area contributed by atoms with Crippen molar-refractivity contribution >= 4 is 45.4 Å². The molecule has 4 rings (SSSR count). The Hall–Kier alpha value is 0.823.